The molecule has 0 saturated heterocycles. The Kier molecular flexibility index (Phi) is 3.33. The number of hydrogen-bond acceptors (Lipinski definition) is 3. The van der Waals surface area contributed by atoms with Gasteiger partial charge in [0.2, 0.25) is 0 Å². The van der Waals surface area contributed by atoms with Gasteiger partial charge in [-0.2, -0.15) is 13.2 Å². The number of halogens is 4. The zero-order chi connectivity index (χ0) is 11.6. The van der Waals surface area contributed by atoms with Crippen molar-refractivity contribution in [3.8, 4) is 5.75 Å². The van der Waals surface area contributed by atoms with Gasteiger partial charge < -0.3 is 4.74 Å². The summed E-state index contributed by atoms with van der Waals surface area (Å²) < 4.78 is 41.0. The third-order valence-corrected chi connectivity index (χ3v) is 1.95. The van der Waals surface area contributed by atoms with Gasteiger partial charge >= 0.3 is 12.1 Å². The van der Waals surface area contributed by atoms with Gasteiger partial charge in [0, 0.05) is 6.92 Å². The number of carbonyl (C=O) groups excluding carboxylic acids is 1. The van der Waals surface area contributed by atoms with Crippen molar-refractivity contribution in [1.29, 1.82) is 0 Å². The number of ether oxygens (including phenoxy) is 1. The zero-order valence-corrected chi connectivity index (χ0v) is 9.02. The number of pyridine rings is 1. The maximum atomic E-state index is 12.2. The molecular weight excluding hydrogens is 279 g/mol. The summed E-state index contributed by atoms with van der Waals surface area (Å²) >= 11 is 2.70. The molecule has 0 saturated carbocycles. The zero-order valence-electron chi connectivity index (χ0n) is 7.43. The minimum atomic E-state index is -4.53. The molecule has 0 N–H and O–H groups in total. The van der Waals surface area contributed by atoms with Crippen LogP contribution in [0.15, 0.2) is 16.7 Å². The van der Waals surface area contributed by atoms with Gasteiger partial charge in [-0.25, -0.2) is 4.98 Å². The Morgan fingerprint density at radius 1 is 1.53 bits per heavy atom. The third-order valence-electron chi connectivity index (χ3n) is 1.35. The summed E-state index contributed by atoms with van der Waals surface area (Å²) in [7, 11) is 0. The highest BCUT2D eigenvalue weighted by Gasteiger charge is 2.35. The molecule has 7 heteroatoms. The van der Waals surface area contributed by atoms with Gasteiger partial charge in [-0.1, -0.05) is 0 Å². The van der Waals surface area contributed by atoms with Crippen molar-refractivity contribution in [2.24, 2.45) is 0 Å². The lowest BCUT2D eigenvalue weighted by molar-refractivity contribution is -0.141. The van der Waals surface area contributed by atoms with Crippen LogP contribution in [0.25, 0.3) is 0 Å². The third kappa shape index (κ3) is 3.19. The van der Waals surface area contributed by atoms with E-state index in [0.29, 0.717) is 0 Å². The molecule has 0 atom stereocenters. The lowest BCUT2D eigenvalue weighted by Crippen LogP contribution is -2.10. The second kappa shape index (κ2) is 4.18. The Labute approximate surface area is 91.4 Å². The minimum absolute atomic E-state index is 0.0395. The van der Waals surface area contributed by atoms with Crippen molar-refractivity contribution in [1.82, 2.24) is 4.98 Å². The topological polar surface area (TPSA) is 39.2 Å². The molecular formula is C8H5BrF3NO2. The van der Waals surface area contributed by atoms with Gasteiger partial charge in [-0.3, -0.25) is 4.79 Å². The van der Waals surface area contributed by atoms with Crippen LogP contribution in [0.2, 0.25) is 0 Å². The quantitative estimate of drug-likeness (QED) is 0.744. The molecule has 1 heterocycles. The van der Waals surface area contributed by atoms with E-state index in [4.69, 9.17) is 0 Å². The van der Waals surface area contributed by atoms with E-state index in [0.717, 1.165) is 19.2 Å². The lowest BCUT2D eigenvalue weighted by atomic mass is 10.3. The van der Waals surface area contributed by atoms with Crippen LogP contribution in [0, 0.1) is 0 Å². The van der Waals surface area contributed by atoms with Crippen molar-refractivity contribution in [3.63, 3.8) is 0 Å². The number of nitrogens with zero attached hydrogens (tertiary/aromatic N) is 1. The molecule has 15 heavy (non-hydrogen) atoms. The van der Waals surface area contributed by atoms with E-state index in [1.54, 1.807) is 0 Å². The Hall–Kier alpha value is -1.11. The highest BCUT2D eigenvalue weighted by Crippen LogP contribution is 2.34. The van der Waals surface area contributed by atoms with E-state index in [2.05, 4.69) is 25.7 Å². The fourth-order valence-electron chi connectivity index (χ4n) is 0.851. The minimum Gasteiger partial charge on any atom is -0.425 e. The molecule has 0 aliphatic carbocycles. The van der Waals surface area contributed by atoms with Crippen molar-refractivity contribution < 1.29 is 22.7 Å². The number of esters is 1. The van der Waals surface area contributed by atoms with Crippen LogP contribution < -0.4 is 4.74 Å². The van der Waals surface area contributed by atoms with Gasteiger partial charge in [-0.15, -0.1) is 0 Å². The fourth-order valence-corrected chi connectivity index (χ4v) is 1.40. The molecule has 0 bridgehead atoms. The fraction of sp³-hybridized carbons (Fsp3) is 0.250. The molecule has 0 aromatic carbocycles. The summed E-state index contributed by atoms with van der Waals surface area (Å²) in [6.07, 6.45) is -3.69. The number of carbonyl (C=O) groups is 1. The summed E-state index contributed by atoms with van der Waals surface area (Å²) in [5.41, 5.74) is -1.06. The smallest absolute Gasteiger partial charge is 0.425 e. The van der Waals surface area contributed by atoms with E-state index in [9.17, 15) is 18.0 Å². The average molecular weight is 284 g/mol. The van der Waals surface area contributed by atoms with Crippen molar-refractivity contribution >= 4 is 21.9 Å². The molecule has 0 fully saturated rings. The van der Waals surface area contributed by atoms with Crippen LogP contribution in [0.1, 0.15) is 12.6 Å². The monoisotopic (exact) mass is 283 g/mol. The molecule has 0 unspecified atom stereocenters. The standard InChI is InChI=1S/C8H5BrF3NO2/c1-4(14)15-5-2-6(9)7(13-3-5)8(10,11)12/h2-3H,1H3. The number of rotatable bonds is 1. The van der Waals surface area contributed by atoms with E-state index in [1.165, 1.54) is 0 Å². The first kappa shape index (κ1) is 12.0. The van der Waals surface area contributed by atoms with Gasteiger partial charge in [0.25, 0.3) is 0 Å². The molecule has 3 nitrogen and oxygen atoms in total. The number of aromatic nitrogens is 1. The van der Waals surface area contributed by atoms with Crippen molar-refractivity contribution in [3.05, 3.63) is 22.4 Å². The Morgan fingerprint density at radius 2 is 2.13 bits per heavy atom. The first-order valence-electron chi connectivity index (χ1n) is 3.72. The average Bonchev–Trinajstić information content (AvgIpc) is 1.99. The SMILES string of the molecule is CC(=O)Oc1cnc(C(F)(F)F)c(Br)c1. The van der Waals surface area contributed by atoms with Crippen molar-refractivity contribution in [2.45, 2.75) is 13.1 Å². The summed E-state index contributed by atoms with van der Waals surface area (Å²) in [5.74, 6) is -0.661. The van der Waals surface area contributed by atoms with Crippen LogP contribution >= 0.6 is 15.9 Å². The number of alkyl halides is 3. The molecule has 0 amide bonds. The normalized spacial score (nSPS) is 11.3. The molecule has 1 aromatic rings. The largest absolute Gasteiger partial charge is 0.434 e. The molecule has 0 radical (unpaired) electrons. The van der Waals surface area contributed by atoms with Crippen LogP contribution in [0.3, 0.4) is 0 Å². The highest BCUT2D eigenvalue weighted by atomic mass is 79.9. The second-order valence-electron chi connectivity index (χ2n) is 2.59. The summed E-state index contributed by atoms with van der Waals surface area (Å²) in [6.45, 7) is 1.14. The van der Waals surface area contributed by atoms with E-state index in [-0.39, 0.29) is 10.2 Å². The van der Waals surface area contributed by atoms with Gasteiger partial charge in [0.15, 0.2) is 5.69 Å². The van der Waals surface area contributed by atoms with Crippen molar-refractivity contribution in [2.75, 3.05) is 0 Å². The first-order chi connectivity index (χ1) is 6.80. The predicted molar refractivity (Wildman–Crippen MR) is 48.2 cm³/mol. The van der Waals surface area contributed by atoms with E-state index >= 15 is 0 Å². The van der Waals surface area contributed by atoms with Gasteiger partial charge in [0.05, 0.1) is 10.7 Å². The van der Waals surface area contributed by atoms with Crippen LogP contribution in [-0.2, 0) is 11.0 Å². The molecule has 0 aliphatic rings. The Morgan fingerprint density at radius 3 is 2.53 bits per heavy atom. The summed E-state index contributed by atoms with van der Waals surface area (Å²) in [5, 5.41) is 0. The Bertz CT molecular complexity index is 392. The van der Waals surface area contributed by atoms with E-state index in [1.807, 2.05) is 0 Å². The van der Waals surface area contributed by atoms with Gasteiger partial charge in [-0.05, 0) is 22.0 Å². The predicted octanol–water partition coefficient (Wildman–Crippen LogP) is 2.79. The maximum Gasteiger partial charge on any atom is 0.434 e. The Balaban J connectivity index is 3.04. The first-order valence-corrected chi connectivity index (χ1v) is 4.51. The highest BCUT2D eigenvalue weighted by molar-refractivity contribution is 9.10. The molecule has 0 spiro atoms. The lowest BCUT2D eigenvalue weighted by Gasteiger charge is -2.08. The van der Waals surface area contributed by atoms with Gasteiger partial charge in [0.1, 0.15) is 5.75 Å². The molecule has 0 aliphatic heterocycles. The summed E-state index contributed by atoms with van der Waals surface area (Å²) in [4.78, 5) is 13.7. The van der Waals surface area contributed by atoms with E-state index < -0.39 is 17.8 Å². The maximum absolute atomic E-state index is 12.2. The number of hydrogen-bond donors (Lipinski definition) is 0. The molecule has 1 rings (SSSR count). The molecule has 1 aromatic heterocycles. The van der Waals surface area contributed by atoms with Crippen LogP contribution in [-0.4, -0.2) is 11.0 Å². The summed E-state index contributed by atoms with van der Waals surface area (Å²) in [6, 6.07) is 1.04. The van der Waals surface area contributed by atoms with Crippen LogP contribution in [0.4, 0.5) is 13.2 Å². The molecule has 82 valence electrons. The second-order valence-corrected chi connectivity index (χ2v) is 3.45. The van der Waals surface area contributed by atoms with Crippen LogP contribution in [0.5, 0.6) is 5.75 Å².